The first kappa shape index (κ1) is 17.0. The largest absolute Gasteiger partial charge is 0.320 e. The molecule has 5 nitrogen and oxygen atoms in total. The van der Waals surface area contributed by atoms with Gasteiger partial charge >= 0.3 is 0 Å². The minimum atomic E-state index is -0.482. The van der Waals surface area contributed by atoms with Gasteiger partial charge in [-0.3, -0.25) is 14.9 Å². The van der Waals surface area contributed by atoms with E-state index in [1.165, 1.54) is 6.07 Å². The first-order valence-electron chi connectivity index (χ1n) is 8.78. The van der Waals surface area contributed by atoms with Gasteiger partial charge in [-0.15, -0.1) is 0 Å². The third-order valence-corrected chi connectivity index (χ3v) is 5.21. The van der Waals surface area contributed by atoms with Crippen molar-refractivity contribution in [2.24, 2.45) is 5.92 Å². The number of amides is 1. The van der Waals surface area contributed by atoms with Crippen LogP contribution in [-0.2, 0) is 10.2 Å². The fourth-order valence-corrected chi connectivity index (χ4v) is 3.81. The number of nitrogens with one attached hydrogen (secondary N) is 1. The Morgan fingerprint density at radius 3 is 1.96 bits per heavy atom. The summed E-state index contributed by atoms with van der Waals surface area (Å²) < 4.78 is 0. The fraction of sp³-hybridized carbons (Fsp3) is 0.136. The molecule has 1 atom stereocenters. The summed E-state index contributed by atoms with van der Waals surface area (Å²) in [6, 6.07) is 26.1. The number of hydrogen-bond acceptors (Lipinski definition) is 3. The molecule has 3 aromatic rings. The van der Waals surface area contributed by atoms with Crippen molar-refractivity contribution in [3.05, 3.63) is 106 Å². The van der Waals surface area contributed by atoms with Crippen LogP contribution in [0.3, 0.4) is 0 Å². The van der Waals surface area contributed by atoms with Gasteiger partial charge in [0.1, 0.15) is 5.69 Å². The molecule has 0 unspecified atom stereocenters. The van der Waals surface area contributed by atoms with E-state index in [1.54, 1.807) is 18.2 Å². The third-order valence-electron chi connectivity index (χ3n) is 5.21. The minimum Gasteiger partial charge on any atom is -0.320 e. The summed E-state index contributed by atoms with van der Waals surface area (Å²) in [4.78, 5) is 23.7. The van der Waals surface area contributed by atoms with Crippen molar-refractivity contribution in [1.82, 2.24) is 0 Å². The van der Waals surface area contributed by atoms with E-state index < -0.39 is 10.3 Å². The Kier molecular flexibility index (Phi) is 4.20. The van der Waals surface area contributed by atoms with Gasteiger partial charge in [-0.1, -0.05) is 72.8 Å². The van der Waals surface area contributed by atoms with Crippen LogP contribution in [0.5, 0.6) is 0 Å². The zero-order valence-corrected chi connectivity index (χ0v) is 14.5. The average molecular weight is 358 g/mol. The van der Waals surface area contributed by atoms with Gasteiger partial charge in [0.2, 0.25) is 5.91 Å². The maximum absolute atomic E-state index is 13.0. The molecule has 1 amide bonds. The van der Waals surface area contributed by atoms with E-state index >= 15 is 0 Å². The van der Waals surface area contributed by atoms with E-state index in [4.69, 9.17) is 0 Å². The van der Waals surface area contributed by atoms with E-state index in [2.05, 4.69) is 5.32 Å². The summed E-state index contributed by atoms with van der Waals surface area (Å²) in [5, 5.41) is 14.0. The molecule has 5 heteroatoms. The highest BCUT2D eigenvalue weighted by molar-refractivity contribution is 5.98. The highest BCUT2D eigenvalue weighted by Gasteiger charge is 2.60. The molecule has 1 aliphatic carbocycles. The number of carbonyl (C=O) groups excluding carboxylic acids is 1. The van der Waals surface area contributed by atoms with Crippen LogP contribution in [0.1, 0.15) is 17.5 Å². The molecule has 0 saturated heterocycles. The highest BCUT2D eigenvalue weighted by Crippen LogP contribution is 2.59. The zero-order valence-electron chi connectivity index (χ0n) is 14.5. The standard InChI is InChI=1S/C22H18N2O3/c25-21(23-19-13-7-8-14-20(19)24(26)27)18-15-22(18,16-9-3-1-4-10-16)17-11-5-2-6-12-17/h1-14,18H,15H2,(H,23,25)/t18-/m1/s1. The third kappa shape index (κ3) is 2.97. The molecule has 0 radical (unpaired) electrons. The monoisotopic (exact) mass is 358 g/mol. The number of nitro groups is 1. The first-order valence-corrected chi connectivity index (χ1v) is 8.78. The van der Waals surface area contributed by atoms with Crippen molar-refractivity contribution < 1.29 is 9.72 Å². The number of benzene rings is 3. The summed E-state index contributed by atoms with van der Waals surface area (Å²) in [5.74, 6) is -0.473. The van der Waals surface area contributed by atoms with Crippen LogP contribution in [0.4, 0.5) is 11.4 Å². The summed E-state index contributed by atoms with van der Waals surface area (Å²) in [5.41, 5.74) is 1.90. The second-order valence-electron chi connectivity index (χ2n) is 6.72. The molecule has 0 heterocycles. The lowest BCUT2D eigenvalue weighted by Crippen LogP contribution is -2.22. The van der Waals surface area contributed by atoms with Gasteiger partial charge in [-0.05, 0) is 23.6 Å². The van der Waals surface area contributed by atoms with Crippen molar-refractivity contribution in [3.63, 3.8) is 0 Å². The van der Waals surface area contributed by atoms with Crippen LogP contribution < -0.4 is 5.32 Å². The lowest BCUT2D eigenvalue weighted by molar-refractivity contribution is -0.383. The highest BCUT2D eigenvalue weighted by atomic mass is 16.6. The van der Waals surface area contributed by atoms with Crippen LogP contribution in [0.15, 0.2) is 84.9 Å². The van der Waals surface area contributed by atoms with E-state index in [0.29, 0.717) is 6.42 Å². The molecule has 1 aliphatic rings. The van der Waals surface area contributed by atoms with Gasteiger partial charge in [0.05, 0.1) is 10.8 Å². The number of anilines is 1. The molecule has 4 rings (SSSR count). The van der Waals surface area contributed by atoms with Crippen LogP contribution >= 0.6 is 0 Å². The number of hydrogen-bond donors (Lipinski definition) is 1. The Labute approximate surface area is 156 Å². The van der Waals surface area contributed by atoms with E-state index in [0.717, 1.165) is 11.1 Å². The number of para-hydroxylation sites is 2. The Balaban J connectivity index is 1.67. The molecular formula is C22H18N2O3. The number of rotatable bonds is 5. The molecule has 0 aliphatic heterocycles. The quantitative estimate of drug-likeness (QED) is 0.537. The summed E-state index contributed by atoms with van der Waals surface area (Å²) in [6.45, 7) is 0. The molecular weight excluding hydrogens is 340 g/mol. The van der Waals surface area contributed by atoms with Crippen LogP contribution in [0.2, 0.25) is 0 Å². The summed E-state index contributed by atoms with van der Waals surface area (Å²) >= 11 is 0. The van der Waals surface area contributed by atoms with Crippen molar-refractivity contribution in [2.45, 2.75) is 11.8 Å². The van der Waals surface area contributed by atoms with Gasteiger partial charge in [0, 0.05) is 11.5 Å². The molecule has 1 saturated carbocycles. The summed E-state index contributed by atoms with van der Waals surface area (Å²) in [6.07, 6.45) is 0.674. The second-order valence-corrected chi connectivity index (χ2v) is 6.72. The van der Waals surface area contributed by atoms with Crippen molar-refractivity contribution >= 4 is 17.3 Å². The lowest BCUT2D eigenvalue weighted by Gasteiger charge is -2.19. The summed E-state index contributed by atoms with van der Waals surface area (Å²) in [7, 11) is 0. The molecule has 1 N–H and O–H groups in total. The minimum absolute atomic E-state index is 0.100. The van der Waals surface area contributed by atoms with Gasteiger partial charge in [0.15, 0.2) is 0 Å². The number of carbonyl (C=O) groups is 1. The zero-order chi connectivity index (χ0) is 18.9. The predicted octanol–water partition coefficient (Wildman–Crippen LogP) is 4.54. The fourth-order valence-electron chi connectivity index (χ4n) is 3.81. The van der Waals surface area contributed by atoms with E-state index in [9.17, 15) is 14.9 Å². The lowest BCUT2D eigenvalue weighted by atomic mass is 9.85. The van der Waals surface area contributed by atoms with Gasteiger partial charge in [0.25, 0.3) is 5.69 Å². The van der Waals surface area contributed by atoms with Gasteiger partial charge in [-0.2, -0.15) is 0 Å². The van der Waals surface area contributed by atoms with Crippen LogP contribution in [0, 0.1) is 16.0 Å². The predicted molar refractivity (Wildman–Crippen MR) is 103 cm³/mol. The van der Waals surface area contributed by atoms with Crippen LogP contribution in [-0.4, -0.2) is 10.8 Å². The molecule has 27 heavy (non-hydrogen) atoms. The van der Waals surface area contributed by atoms with E-state index in [1.807, 2.05) is 60.7 Å². The van der Waals surface area contributed by atoms with Gasteiger partial charge < -0.3 is 5.32 Å². The smallest absolute Gasteiger partial charge is 0.292 e. The Morgan fingerprint density at radius 1 is 0.889 bits per heavy atom. The Bertz CT molecular complexity index is 947. The topological polar surface area (TPSA) is 72.2 Å². The second kappa shape index (κ2) is 6.68. The Hall–Kier alpha value is -3.47. The van der Waals surface area contributed by atoms with Crippen molar-refractivity contribution in [1.29, 1.82) is 0 Å². The number of nitrogens with zero attached hydrogens (tertiary/aromatic N) is 1. The molecule has 134 valence electrons. The van der Waals surface area contributed by atoms with Crippen LogP contribution in [0.25, 0.3) is 0 Å². The molecule has 0 aromatic heterocycles. The molecule has 0 bridgehead atoms. The molecule has 3 aromatic carbocycles. The first-order chi connectivity index (χ1) is 13.1. The molecule has 0 spiro atoms. The average Bonchev–Trinajstić information content (AvgIpc) is 3.47. The van der Waals surface area contributed by atoms with E-state index in [-0.39, 0.29) is 23.2 Å². The maximum Gasteiger partial charge on any atom is 0.292 e. The van der Waals surface area contributed by atoms with Crippen molar-refractivity contribution in [2.75, 3.05) is 5.32 Å². The Morgan fingerprint density at radius 2 is 1.41 bits per heavy atom. The van der Waals surface area contributed by atoms with Gasteiger partial charge in [-0.25, -0.2) is 0 Å². The number of nitro benzene ring substituents is 1. The van der Waals surface area contributed by atoms with Crippen molar-refractivity contribution in [3.8, 4) is 0 Å². The SMILES string of the molecule is O=C(Nc1ccccc1[N+](=O)[O-])[C@H]1CC1(c1ccccc1)c1ccccc1. The molecule has 1 fully saturated rings. The maximum atomic E-state index is 13.0. The normalized spacial score (nSPS) is 17.1.